The van der Waals surface area contributed by atoms with Crippen molar-refractivity contribution >= 4 is 0 Å². The van der Waals surface area contributed by atoms with Gasteiger partial charge in [0.25, 0.3) is 0 Å². The van der Waals surface area contributed by atoms with E-state index in [2.05, 4.69) is 13.8 Å². The molecule has 2 nitrogen and oxygen atoms in total. The van der Waals surface area contributed by atoms with E-state index in [1.54, 1.807) is 0 Å². The average Bonchev–Trinajstić information content (AvgIpc) is 2.18. The van der Waals surface area contributed by atoms with Crippen LogP contribution in [0.15, 0.2) is 0 Å². The van der Waals surface area contributed by atoms with Crippen LogP contribution in [0.1, 0.15) is 52.4 Å². The highest BCUT2D eigenvalue weighted by Gasteiger charge is 2.40. The first kappa shape index (κ1) is 11.4. The first-order valence-corrected chi connectivity index (χ1v) is 6.51. The van der Waals surface area contributed by atoms with E-state index in [1.807, 2.05) is 0 Å². The highest BCUT2D eigenvalue weighted by Crippen LogP contribution is 2.42. The predicted molar refractivity (Wildman–Crippen MR) is 62.7 cm³/mol. The van der Waals surface area contributed by atoms with E-state index in [9.17, 15) is 0 Å². The Bertz CT molecular complexity index is 207. The Hall–Kier alpha value is -0.0800. The lowest BCUT2D eigenvalue weighted by molar-refractivity contribution is -0.114. The molecule has 15 heavy (non-hydrogen) atoms. The number of nitrogens with two attached hydrogens (primary N) is 1. The van der Waals surface area contributed by atoms with Crippen LogP contribution in [0.4, 0.5) is 0 Å². The van der Waals surface area contributed by atoms with Crippen molar-refractivity contribution in [3.05, 3.63) is 0 Å². The molecule has 1 spiro atoms. The number of ether oxygens (including phenoxy) is 1. The van der Waals surface area contributed by atoms with Gasteiger partial charge in [-0.05, 0) is 50.4 Å². The topological polar surface area (TPSA) is 35.2 Å². The second-order valence-electron chi connectivity index (χ2n) is 5.87. The van der Waals surface area contributed by atoms with Gasteiger partial charge in [0.05, 0.1) is 5.60 Å². The third kappa shape index (κ3) is 2.54. The van der Waals surface area contributed by atoms with Crippen LogP contribution in [0.25, 0.3) is 0 Å². The Morgan fingerprint density at radius 3 is 2.40 bits per heavy atom. The fourth-order valence-electron chi connectivity index (χ4n) is 3.25. The Kier molecular flexibility index (Phi) is 3.36. The van der Waals surface area contributed by atoms with Crippen LogP contribution in [0, 0.1) is 11.8 Å². The van der Waals surface area contributed by atoms with Crippen LogP contribution in [0.2, 0.25) is 0 Å². The summed E-state index contributed by atoms with van der Waals surface area (Å²) in [5.74, 6) is 1.75. The van der Waals surface area contributed by atoms with E-state index in [0.29, 0.717) is 6.04 Å². The van der Waals surface area contributed by atoms with E-state index in [1.165, 1.54) is 25.7 Å². The monoisotopic (exact) mass is 211 g/mol. The SMILES string of the molecule is CC(C)C1CCC2(CC1)CC(N)CCO2. The summed E-state index contributed by atoms with van der Waals surface area (Å²) in [5.41, 5.74) is 6.22. The molecule has 0 aromatic carbocycles. The normalized spacial score (nSPS) is 42.4. The fourth-order valence-corrected chi connectivity index (χ4v) is 3.25. The van der Waals surface area contributed by atoms with Gasteiger partial charge in [-0.1, -0.05) is 13.8 Å². The Balaban J connectivity index is 1.90. The van der Waals surface area contributed by atoms with Gasteiger partial charge in [0, 0.05) is 12.6 Å². The lowest BCUT2D eigenvalue weighted by atomic mass is 9.71. The van der Waals surface area contributed by atoms with Crippen LogP contribution < -0.4 is 5.73 Å². The smallest absolute Gasteiger partial charge is 0.0697 e. The van der Waals surface area contributed by atoms with Crippen molar-refractivity contribution < 1.29 is 4.74 Å². The second kappa shape index (κ2) is 4.42. The maximum atomic E-state index is 6.05. The molecule has 1 aliphatic carbocycles. The number of hydrogen-bond donors (Lipinski definition) is 1. The van der Waals surface area contributed by atoms with Gasteiger partial charge in [0.15, 0.2) is 0 Å². The molecule has 0 aromatic rings. The molecule has 1 unspecified atom stereocenters. The van der Waals surface area contributed by atoms with Crippen molar-refractivity contribution in [2.75, 3.05) is 6.61 Å². The van der Waals surface area contributed by atoms with Crippen molar-refractivity contribution in [3.63, 3.8) is 0 Å². The summed E-state index contributed by atoms with van der Waals surface area (Å²) < 4.78 is 6.02. The van der Waals surface area contributed by atoms with Gasteiger partial charge in [0.1, 0.15) is 0 Å². The first-order valence-electron chi connectivity index (χ1n) is 6.51. The lowest BCUT2D eigenvalue weighted by Gasteiger charge is -2.45. The van der Waals surface area contributed by atoms with Crippen LogP contribution in [-0.2, 0) is 4.74 Å². The van der Waals surface area contributed by atoms with E-state index >= 15 is 0 Å². The minimum absolute atomic E-state index is 0.170. The predicted octanol–water partition coefficient (Wildman–Crippen LogP) is 2.71. The number of rotatable bonds is 1. The minimum atomic E-state index is 0.170. The molecule has 2 aliphatic rings. The molecule has 88 valence electrons. The van der Waals surface area contributed by atoms with Crippen molar-refractivity contribution in [3.8, 4) is 0 Å². The zero-order chi connectivity index (χ0) is 10.9. The highest BCUT2D eigenvalue weighted by molar-refractivity contribution is 4.93. The van der Waals surface area contributed by atoms with Gasteiger partial charge < -0.3 is 10.5 Å². The molecule has 1 saturated carbocycles. The standard InChI is InChI=1S/C13H25NO/c1-10(2)11-3-6-13(7-4-11)9-12(14)5-8-15-13/h10-12H,3-9,14H2,1-2H3. The largest absolute Gasteiger partial charge is 0.375 e. The lowest BCUT2D eigenvalue weighted by Crippen LogP contribution is -2.47. The average molecular weight is 211 g/mol. The fraction of sp³-hybridized carbons (Fsp3) is 1.00. The van der Waals surface area contributed by atoms with Gasteiger partial charge in [-0.25, -0.2) is 0 Å². The quantitative estimate of drug-likeness (QED) is 0.724. The van der Waals surface area contributed by atoms with Crippen molar-refractivity contribution in [2.24, 2.45) is 17.6 Å². The third-order valence-corrected chi connectivity index (χ3v) is 4.42. The molecular formula is C13H25NO. The molecule has 1 aliphatic heterocycles. The first-order chi connectivity index (χ1) is 7.11. The van der Waals surface area contributed by atoms with Gasteiger partial charge in [-0.15, -0.1) is 0 Å². The number of hydrogen-bond acceptors (Lipinski definition) is 2. The van der Waals surface area contributed by atoms with Crippen molar-refractivity contribution in [1.82, 2.24) is 0 Å². The Labute approximate surface area is 93.6 Å². The molecular weight excluding hydrogens is 186 g/mol. The summed E-state index contributed by atoms with van der Waals surface area (Å²) in [6.07, 6.45) is 7.30. The van der Waals surface area contributed by atoms with Gasteiger partial charge in [0.2, 0.25) is 0 Å². The van der Waals surface area contributed by atoms with E-state index in [-0.39, 0.29) is 5.60 Å². The summed E-state index contributed by atoms with van der Waals surface area (Å²) in [6, 6.07) is 0.384. The molecule has 0 radical (unpaired) electrons. The molecule has 0 amide bonds. The van der Waals surface area contributed by atoms with Gasteiger partial charge >= 0.3 is 0 Å². The summed E-state index contributed by atoms with van der Waals surface area (Å²) >= 11 is 0. The highest BCUT2D eigenvalue weighted by atomic mass is 16.5. The van der Waals surface area contributed by atoms with E-state index in [0.717, 1.165) is 31.3 Å². The van der Waals surface area contributed by atoms with Crippen LogP contribution in [0.5, 0.6) is 0 Å². The molecule has 2 heteroatoms. The molecule has 1 saturated heterocycles. The maximum Gasteiger partial charge on any atom is 0.0697 e. The zero-order valence-electron chi connectivity index (χ0n) is 10.2. The Morgan fingerprint density at radius 1 is 1.20 bits per heavy atom. The molecule has 2 N–H and O–H groups in total. The summed E-state index contributed by atoms with van der Waals surface area (Å²) in [6.45, 7) is 5.57. The minimum Gasteiger partial charge on any atom is -0.375 e. The third-order valence-electron chi connectivity index (χ3n) is 4.42. The molecule has 1 heterocycles. The molecule has 2 rings (SSSR count). The molecule has 0 bridgehead atoms. The van der Waals surface area contributed by atoms with Gasteiger partial charge in [-0.3, -0.25) is 0 Å². The molecule has 2 fully saturated rings. The van der Waals surface area contributed by atoms with Crippen molar-refractivity contribution in [1.29, 1.82) is 0 Å². The summed E-state index contributed by atoms with van der Waals surface area (Å²) in [4.78, 5) is 0. The van der Waals surface area contributed by atoms with Crippen LogP contribution in [0.3, 0.4) is 0 Å². The van der Waals surface area contributed by atoms with Crippen LogP contribution in [-0.4, -0.2) is 18.2 Å². The van der Waals surface area contributed by atoms with E-state index < -0.39 is 0 Å². The van der Waals surface area contributed by atoms with Gasteiger partial charge in [-0.2, -0.15) is 0 Å². The summed E-state index contributed by atoms with van der Waals surface area (Å²) in [5, 5.41) is 0. The Morgan fingerprint density at radius 2 is 1.87 bits per heavy atom. The van der Waals surface area contributed by atoms with E-state index in [4.69, 9.17) is 10.5 Å². The zero-order valence-corrected chi connectivity index (χ0v) is 10.2. The maximum absolute atomic E-state index is 6.05. The summed E-state index contributed by atoms with van der Waals surface area (Å²) in [7, 11) is 0. The molecule has 1 atom stereocenters. The molecule has 0 aromatic heterocycles. The van der Waals surface area contributed by atoms with Crippen LogP contribution >= 0.6 is 0 Å². The van der Waals surface area contributed by atoms with Crippen molar-refractivity contribution in [2.45, 2.75) is 64.0 Å². The second-order valence-corrected chi connectivity index (χ2v) is 5.87.